The van der Waals surface area contributed by atoms with Crippen molar-refractivity contribution >= 4 is 5.97 Å². The van der Waals surface area contributed by atoms with Gasteiger partial charge >= 0.3 is 5.97 Å². The van der Waals surface area contributed by atoms with Crippen molar-refractivity contribution in [2.24, 2.45) is 5.92 Å². The Morgan fingerprint density at radius 3 is 2.95 bits per heavy atom. The zero-order chi connectivity index (χ0) is 13.7. The number of ether oxygens (including phenoxy) is 2. The summed E-state index contributed by atoms with van der Waals surface area (Å²) in [6.45, 7) is 1.09. The van der Waals surface area contributed by atoms with E-state index in [0.29, 0.717) is 6.04 Å². The molecular formula is C15H17NO4. The van der Waals surface area contributed by atoms with E-state index in [1.807, 2.05) is 18.2 Å². The van der Waals surface area contributed by atoms with Gasteiger partial charge in [0.2, 0.25) is 6.79 Å². The van der Waals surface area contributed by atoms with Crippen LogP contribution < -0.4 is 9.47 Å². The highest BCUT2D eigenvalue weighted by Crippen LogP contribution is 2.43. The molecule has 3 heterocycles. The Kier molecular flexibility index (Phi) is 2.63. The fraction of sp³-hybridized carbons (Fsp3) is 0.533. The van der Waals surface area contributed by atoms with E-state index < -0.39 is 5.97 Å². The Bertz CT molecular complexity index is 559. The molecule has 2 saturated heterocycles. The molecule has 5 nitrogen and oxygen atoms in total. The van der Waals surface area contributed by atoms with Gasteiger partial charge in [-0.25, -0.2) is 0 Å². The molecule has 0 spiro atoms. The lowest BCUT2D eigenvalue weighted by Gasteiger charge is -2.22. The maximum absolute atomic E-state index is 11.3. The standard InChI is InChI=1S/C15H17NO4/c17-15(18)11-6-10-2-3-12(11)16(10)7-9-1-4-13-14(5-9)20-8-19-13/h1,4-5,10-12H,2-3,6-8H2,(H,17,18). The Hall–Kier alpha value is -1.75. The van der Waals surface area contributed by atoms with Crippen molar-refractivity contribution in [1.29, 1.82) is 0 Å². The average molecular weight is 275 g/mol. The van der Waals surface area contributed by atoms with E-state index in [1.165, 1.54) is 0 Å². The molecule has 2 bridgehead atoms. The van der Waals surface area contributed by atoms with E-state index >= 15 is 0 Å². The van der Waals surface area contributed by atoms with E-state index in [0.717, 1.165) is 42.9 Å². The van der Waals surface area contributed by atoms with Gasteiger partial charge in [0.15, 0.2) is 11.5 Å². The fourth-order valence-corrected chi connectivity index (χ4v) is 3.86. The van der Waals surface area contributed by atoms with Gasteiger partial charge in [-0.05, 0) is 37.0 Å². The number of carbonyl (C=O) groups is 1. The number of rotatable bonds is 3. The van der Waals surface area contributed by atoms with E-state index in [2.05, 4.69) is 4.90 Å². The summed E-state index contributed by atoms with van der Waals surface area (Å²) in [4.78, 5) is 13.6. The minimum atomic E-state index is -0.645. The van der Waals surface area contributed by atoms with E-state index in [9.17, 15) is 9.90 Å². The van der Waals surface area contributed by atoms with Crippen LogP contribution in [0.15, 0.2) is 18.2 Å². The molecule has 0 radical (unpaired) electrons. The number of hydrogen-bond donors (Lipinski definition) is 1. The van der Waals surface area contributed by atoms with Gasteiger partial charge in [-0.15, -0.1) is 0 Å². The molecule has 1 N–H and O–H groups in total. The number of fused-ring (bicyclic) bond motifs is 3. The van der Waals surface area contributed by atoms with Gasteiger partial charge in [-0.1, -0.05) is 6.07 Å². The average Bonchev–Trinajstić information content (AvgIpc) is 3.13. The van der Waals surface area contributed by atoms with Gasteiger partial charge in [0.05, 0.1) is 5.92 Å². The molecule has 3 unspecified atom stereocenters. The van der Waals surface area contributed by atoms with Gasteiger partial charge in [0.1, 0.15) is 0 Å². The molecule has 20 heavy (non-hydrogen) atoms. The second kappa shape index (κ2) is 4.38. The first-order valence-corrected chi connectivity index (χ1v) is 7.09. The smallest absolute Gasteiger partial charge is 0.308 e. The molecule has 3 aliphatic rings. The lowest BCUT2D eigenvalue weighted by molar-refractivity contribution is -0.142. The number of benzene rings is 1. The zero-order valence-corrected chi connectivity index (χ0v) is 11.1. The summed E-state index contributed by atoms with van der Waals surface area (Å²) in [6, 6.07) is 6.61. The van der Waals surface area contributed by atoms with Crippen LogP contribution in [0.3, 0.4) is 0 Å². The fourth-order valence-electron chi connectivity index (χ4n) is 3.86. The maximum atomic E-state index is 11.3. The molecule has 0 aromatic heterocycles. The van der Waals surface area contributed by atoms with Crippen molar-refractivity contribution in [2.75, 3.05) is 6.79 Å². The molecule has 0 amide bonds. The monoisotopic (exact) mass is 275 g/mol. The predicted molar refractivity (Wildman–Crippen MR) is 70.7 cm³/mol. The quantitative estimate of drug-likeness (QED) is 0.912. The molecule has 4 rings (SSSR count). The highest BCUT2D eigenvalue weighted by molar-refractivity contribution is 5.71. The summed E-state index contributed by atoms with van der Waals surface area (Å²) in [7, 11) is 0. The third-order valence-electron chi connectivity index (χ3n) is 4.80. The van der Waals surface area contributed by atoms with Crippen molar-refractivity contribution in [1.82, 2.24) is 4.90 Å². The largest absolute Gasteiger partial charge is 0.481 e. The third-order valence-corrected chi connectivity index (χ3v) is 4.80. The van der Waals surface area contributed by atoms with E-state index in [-0.39, 0.29) is 18.8 Å². The van der Waals surface area contributed by atoms with Crippen LogP contribution in [0.4, 0.5) is 0 Å². The number of nitrogens with zero attached hydrogens (tertiary/aromatic N) is 1. The molecule has 0 aliphatic carbocycles. The molecule has 2 fully saturated rings. The Morgan fingerprint density at radius 1 is 1.30 bits per heavy atom. The summed E-state index contributed by atoms with van der Waals surface area (Å²) in [5.74, 6) is 0.751. The van der Waals surface area contributed by atoms with E-state index in [1.54, 1.807) is 0 Å². The van der Waals surface area contributed by atoms with Crippen LogP contribution in [-0.2, 0) is 11.3 Å². The predicted octanol–water partition coefficient (Wildman–Crippen LogP) is 1.85. The molecule has 3 aliphatic heterocycles. The highest BCUT2D eigenvalue weighted by atomic mass is 16.7. The maximum Gasteiger partial charge on any atom is 0.308 e. The first-order valence-electron chi connectivity index (χ1n) is 7.09. The molecule has 5 heteroatoms. The molecule has 106 valence electrons. The lowest BCUT2D eigenvalue weighted by atomic mass is 9.89. The minimum absolute atomic E-state index is 0.192. The third kappa shape index (κ3) is 1.77. The van der Waals surface area contributed by atoms with Crippen LogP contribution in [0.2, 0.25) is 0 Å². The van der Waals surface area contributed by atoms with Crippen molar-refractivity contribution < 1.29 is 19.4 Å². The number of aliphatic carboxylic acids is 1. The van der Waals surface area contributed by atoms with Crippen LogP contribution >= 0.6 is 0 Å². The molecule has 3 atom stereocenters. The van der Waals surface area contributed by atoms with Crippen molar-refractivity contribution in [3.63, 3.8) is 0 Å². The van der Waals surface area contributed by atoms with Crippen LogP contribution in [0.25, 0.3) is 0 Å². The summed E-state index contributed by atoms with van der Waals surface area (Å²) in [5.41, 5.74) is 1.16. The zero-order valence-electron chi connectivity index (χ0n) is 11.1. The van der Waals surface area contributed by atoms with Gasteiger partial charge in [-0.3, -0.25) is 9.69 Å². The molecule has 1 aromatic carbocycles. The van der Waals surface area contributed by atoms with Gasteiger partial charge in [-0.2, -0.15) is 0 Å². The highest BCUT2D eigenvalue weighted by Gasteiger charge is 2.48. The van der Waals surface area contributed by atoms with Crippen molar-refractivity contribution in [2.45, 2.75) is 37.9 Å². The van der Waals surface area contributed by atoms with Crippen LogP contribution in [-0.4, -0.2) is 34.9 Å². The minimum Gasteiger partial charge on any atom is -0.481 e. The summed E-state index contributed by atoms with van der Waals surface area (Å²) in [5, 5.41) is 9.28. The van der Waals surface area contributed by atoms with Gasteiger partial charge in [0.25, 0.3) is 0 Å². The van der Waals surface area contributed by atoms with E-state index in [4.69, 9.17) is 9.47 Å². The van der Waals surface area contributed by atoms with Gasteiger partial charge in [0, 0.05) is 18.6 Å². The summed E-state index contributed by atoms with van der Waals surface area (Å²) >= 11 is 0. The second-order valence-corrected chi connectivity index (χ2v) is 5.84. The topological polar surface area (TPSA) is 59.0 Å². The second-order valence-electron chi connectivity index (χ2n) is 5.84. The van der Waals surface area contributed by atoms with Crippen molar-refractivity contribution in [3.05, 3.63) is 23.8 Å². The van der Waals surface area contributed by atoms with Crippen LogP contribution in [0, 0.1) is 5.92 Å². The Balaban J connectivity index is 1.54. The SMILES string of the molecule is O=C(O)C1CC2CCC1N2Cc1ccc2c(c1)OCO2. The first-order chi connectivity index (χ1) is 9.72. The molecular weight excluding hydrogens is 258 g/mol. The normalized spacial score (nSPS) is 30.9. The van der Waals surface area contributed by atoms with Crippen molar-refractivity contribution in [3.8, 4) is 11.5 Å². The number of hydrogen-bond acceptors (Lipinski definition) is 4. The number of carboxylic acid groups (broad SMARTS) is 1. The van der Waals surface area contributed by atoms with Gasteiger partial charge < -0.3 is 14.6 Å². The lowest BCUT2D eigenvalue weighted by Crippen LogP contribution is -2.32. The van der Waals surface area contributed by atoms with Crippen LogP contribution in [0.1, 0.15) is 24.8 Å². The Morgan fingerprint density at radius 2 is 2.15 bits per heavy atom. The summed E-state index contributed by atoms with van der Waals surface area (Å²) in [6.07, 6.45) is 2.93. The Labute approximate surface area is 117 Å². The molecule has 1 aromatic rings. The summed E-state index contributed by atoms with van der Waals surface area (Å²) < 4.78 is 10.7. The number of carboxylic acids is 1. The first kappa shape index (κ1) is 12.0. The molecule has 0 saturated carbocycles. The van der Waals surface area contributed by atoms with Crippen LogP contribution in [0.5, 0.6) is 11.5 Å².